The lowest BCUT2D eigenvalue weighted by molar-refractivity contribution is -0.120. The minimum atomic E-state index is -0.0939. The molecule has 0 aromatic heterocycles. The first kappa shape index (κ1) is 16.4. The van der Waals surface area contributed by atoms with Crippen molar-refractivity contribution in [2.75, 3.05) is 11.4 Å². The highest BCUT2D eigenvalue weighted by Gasteiger charge is 2.61. The summed E-state index contributed by atoms with van der Waals surface area (Å²) in [5.41, 5.74) is 2.00. The lowest BCUT2D eigenvalue weighted by Crippen LogP contribution is -2.33. The average molecular weight is 326 g/mol. The van der Waals surface area contributed by atoms with E-state index in [0.29, 0.717) is 6.54 Å². The molecular weight excluding hydrogens is 305 g/mol. The van der Waals surface area contributed by atoms with Gasteiger partial charge in [0, 0.05) is 12.2 Å². The Bertz CT molecular complexity index is 576. The normalized spacial score (nSPS) is 22.6. The molecule has 2 nitrogen and oxygen atoms in total. The summed E-state index contributed by atoms with van der Waals surface area (Å²) in [5, 5.41) is 0. The van der Waals surface area contributed by atoms with E-state index in [1.165, 1.54) is 0 Å². The van der Waals surface area contributed by atoms with Gasteiger partial charge in [0.2, 0.25) is 5.91 Å². The number of hydrogen-bond acceptors (Lipinski definition) is 1. The number of rotatable bonds is 4. The highest BCUT2D eigenvalue weighted by atomic mass is 35.5. The van der Waals surface area contributed by atoms with Crippen molar-refractivity contribution in [2.45, 2.75) is 27.7 Å². The molecule has 0 heterocycles. The van der Waals surface area contributed by atoms with Crippen LogP contribution in [0.5, 0.6) is 0 Å². The second kappa shape index (κ2) is 6.02. The minimum absolute atomic E-state index is 0.0644. The molecule has 1 amide bonds. The average Bonchev–Trinajstić information content (AvgIpc) is 2.90. The van der Waals surface area contributed by atoms with Gasteiger partial charge < -0.3 is 4.90 Å². The fraction of sp³-hybridized carbons (Fsp3) is 0.471. The first-order valence-electron chi connectivity index (χ1n) is 7.20. The van der Waals surface area contributed by atoms with Crippen molar-refractivity contribution in [3.63, 3.8) is 0 Å². The van der Waals surface area contributed by atoms with Crippen molar-refractivity contribution in [3.8, 4) is 0 Å². The maximum atomic E-state index is 12.9. The molecule has 0 saturated heterocycles. The number of anilines is 1. The zero-order valence-corrected chi connectivity index (χ0v) is 14.4. The van der Waals surface area contributed by atoms with Gasteiger partial charge in [0.05, 0.1) is 5.92 Å². The molecule has 21 heavy (non-hydrogen) atoms. The van der Waals surface area contributed by atoms with Crippen LogP contribution in [0.2, 0.25) is 0 Å². The van der Waals surface area contributed by atoms with Gasteiger partial charge in [0.1, 0.15) is 4.49 Å². The Hall–Kier alpha value is -0.990. The summed E-state index contributed by atoms with van der Waals surface area (Å²) >= 11 is 11.5. The third-order valence-corrected chi connectivity index (χ3v) is 4.63. The van der Waals surface area contributed by atoms with Crippen LogP contribution in [-0.4, -0.2) is 12.5 Å². The third kappa shape index (κ3) is 3.27. The molecule has 2 rings (SSSR count). The van der Waals surface area contributed by atoms with Gasteiger partial charge in [-0.3, -0.25) is 4.79 Å². The highest BCUT2D eigenvalue weighted by Crippen LogP contribution is 2.60. The number of allylic oxidation sites excluding steroid dienone is 1. The van der Waals surface area contributed by atoms with Gasteiger partial charge in [-0.2, -0.15) is 0 Å². The van der Waals surface area contributed by atoms with Crippen LogP contribution in [0.3, 0.4) is 0 Å². The van der Waals surface area contributed by atoms with Gasteiger partial charge in [0.25, 0.3) is 0 Å². The number of benzene rings is 1. The molecule has 1 aliphatic carbocycles. The molecule has 0 unspecified atom stereocenters. The van der Waals surface area contributed by atoms with Crippen LogP contribution in [0.4, 0.5) is 5.69 Å². The summed E-state index contributed by atoms with van der Waals surface area (Å²) in [5.74, 6) is 0.184. The molecule has 0 radical (unpaired) electrons. The van der Waals surface area contributed by atoms with Crippen molar-refractivity contribution in [3.05, 3.63) is 40.4 Å². The summed E-state index contributed by atoms with van der Waals surface area (Å²) in [6, 6.07) is 8.02. The van der Waals surface area contributed by atoms with E-state index in [0.717, 1.165) is 11.3 Å². The van der Waals surface area contributed by atoms with Crippen LogP contribution in [-0.2, 0) is 4.79 Å². The van der Waals surface area contributed by atoms with E-state index in [2.05, 4.69) is 13.8 Å². The van der Waals surface area contributed by atoms with Gasteiger partial charge in [-0.15, -0.1) is 0 Å². The molecule has 0 aliphatic heterocycles. The smallest absolute Gasteiger partial charge is 0.231 e. The number of carbonyl (C=O) groups excluding carboxylic acids is 1. The van der Waals surface area contributed by atoms with Crippen molar-refractivity contribution in [2.24, 2.45) is 17.3 Å². The van der Waals surface area contributed by atoms with Crippen molar-refractivity contribution in [1.29, 1.82) is 0 Å². The largest absolute Gasteiger partial charge is 0.312 e. The molecule has 0 N–H and O–H groups in total. The van der Waals surface area contributed by atoms with Crippen molar-refractivity contribution in [1.82, 2.24) is 0 Å². The Kier molecular flexibility index (Phi) is 4.69. The fourth-order valence-corrected chi connectivity index (χ4v) is 3.30. The number of aryl methyl sites for hydroxylation is 1. The SMILES string of the molecule is CCN(C(=O)[C@@H]1[C@H](C=C(Cl)Cl)C1(C)C)c1cccc(C)c1. The lowest BCUT2D eigenvalue weighted by atomic mass is 10.1. The maximum Gasteiger partial charge on any atom is 0.231 e. The summed E-state index contributed by atoms with van der Waals surface area (Å²) in [6.07, 6.45) is 1.79. The van der Waals surface area contributed by atoms with E-state index < -0.39 is 0 Å². The number of hydrogen-bond donors (Lipinski definition) is 0. The van der Waals surface area contributed by atoms with Gasteiger partial charge in [-0.25, -0.2) is 0 Å². The van der Waals surface area contributed by atoms with Crippen LogP contribution in [0.25, 0.3) is 0 Å². The Balaban J connectivity index is 2.24. The highest BCUT2D eigenvalue weighted by molar-refractivity contribution is 6.55. The van der Waals surface area contributed by atoms with Crippen LogP contribution < -0.4 is 4.90 Å². The molecule has 0 bridgehead atoms. The molecular formula is C17H21Cl2NO. The van der Waals surface area contributed by atoms with Crippen LogP contribution >= 0.6 is 23.2 Å². The third-order valence-electron chi connectivity index (χ3n) is 4.38. The van der Waals surface area contributed by atoms with Crippen LogP contribution in [0.1, 0.15) is 26.3 Å². The van der Waals surface area contributed by atoms with Gasteiger partial charge >= 0.3 is 0 Å². The van der Waals surface area contributed by atoms with E-state index in [4.69, 9.17) is 23.2 Å². The standard InChI is InChI=1S/C17H21Cl2NO/c1-5-20(12-8-6-7-11(2)9-12)16(21)15-13(10-14(18)19)17(15,3)4/h6-10,13,15H,5H2,1-4H3/t13-,15-/m0/s1. The minimum Gasteiger partial charge on any atom is -0.312 e. The molecule has 1 saturated carbocycles. The number of carbonyl (C=O) groups is 1. The zero-order valence-electron chi connectivity index (χ0n) is 12.9. The quantitative estimate of drug-likeness (QED) is 0.767. The molecule has 114 valence electrons. The Morgan fingerprint density at radius 3 is 2.57 bits per heavy atom. The molecule has 1 fully saturated rings. The summed E-state index contributed by atoms with van der Waals surface area (Å²) < 4.78 is 0.238. The second-order valence-corrected chi connectivity index (χ2v) is 7.21. The van der Waals surface area contributed by atoms with E-state index in [1.807, 2.05) is 43.0 Å². The van der Waals surface area contributed by atoms with Crippen LogP contribution in [0.15, 0.2) is 34.8 Å². The predicted octanol–water partition coefficient (Wildman–Crippen LogP) is 4.94. The second-order valence-electron chi connectivity index (χ2n) is 6.20. The predicted molar refractivity (Wildman–Crippen MR) is 89.8 cm³/mol. The number of halogens is 2. The van der Waals surface area contributed by atoms with Crippen molar-refractivity contribution < 1.29 is 4.79 Å². The maximum absolute atomic E-state index is 12.9. The van der Waals surface area contributed by atoms with E-state index in [-0.39, 0.29) is 27.6 Å². The summed E-state index contributed by atoms with van der Waals surface area (Å²) in [4.78, 5) is 14.7. The van der Waals surface area contributed by atoms with Crippen LogP contribution in [0, 0.1) is 24.2 Å². The summed E-state index contributed by atoms with van der Waals surface area (Å²) in [6.45, 7) is 8.84. The number of nitrogens with zero attached hydrogens (tertiary/aromatic N) is 1. The molecule has 1 aromatic carbocycles. The van der Waals surface area contributed by atoms with Gasteiger partial charge in [0.15, 0.2) is 0 Å². The molecule has 4 heteroatoms. The van der Waals surface area contributed by atoms with Gasteiger partial charge in [-0.05, 0) is 49.0 Å². The summed E-state index contributed by atoms with van der Waals surface area (Å²) in [7, 11) is 0. The van der Waals surface area contributed by atoms with Crippen molar-refractivity contribution >= 4 is 34.8 Å². The van der Waals surface area contributed by atoms with E-state index in [1.54, 1.807) is 6.08 Å². The monoisotopic (exact) mass is 325 g/mol. The lowest BCUT2D eigenvalue weighted by Gasteiger charge is -2.22. The fourth-order valence-electron chi connectivity index (χ4n) is 3.03. The van der Waals surface area contributed by atoms with Gasteiger partial charge in [-0.1, -0.05) is 49.2 Å². The topological polar surface area (TPSA) is 20.3 Å². The Labute approximate surface area is 136 Å². The number of amides is 1. The van der Waals surface area contributed by atoms with E-state index in [9.17, 15) is 4.79 Å². The first-order valence-corrected chi connectivity index (χ1v) is 7.95. The Morgan fingerprint density at radius 1 is 1.38 bits per heavy atom. The first-order chi connectivity index (χ1) is 9.78. The molecule has 1 aromatic rings. The Morgan fingerprint density at radius 2 is 2.05 bits per heavy atom. The molecule has 2 atom stereocenters. The molecule has 0 spiro atoms. The zero-order chi connectivity index (χ0) is 15.8. The molecule has 1 aliphatic rings. The van der Waals surface area contributed by atoms with E-state index >= 15 is 0 Å².